The number of fused-ring (bicyclic) bond motifs is 10. The molecule has 53 heavy (non-hydrogen) atoms. The van der Waals surface area contributed by atoms with Crippen LogP contribution in [0.3, 0.4) is 0 Å². The van der Waals surface area contributed by atoms with E-state index in [9.17, 15) is 0 Å². The number of allylic oxidation sites excluding steroid dienone is 4. The zero-order valence-electron chi connectivity index (χ0n) is 28.6. The SMILES string of the molecule is C=C1C=C(c2ccccc2)C=C(c2ccccc2)N=C1c1ccc2c(c1)oc1ccc(-n3c4ccccc4c4ccc5c6ccccc6sc5c43)cc12. The van der Waals surface area contributed by atoms with Crippen molar-refractivity contribution in [2.75, 3.05) is 0 Å². The molecule has 0 saturated heterocycles. The highest BCUT2D eigenvalue weighted by atomic mass is 32.1. The van der Waals surface area contributed by atoms with E-state index in [4.69, 9.17) is 9.41 Å². The molecule has 11 rings (SSSR count). The molecule has 0 bridgehead atoms. The first-order chi connectivity index (χ1) is 26.2. The molecule has 3 nitrogen and oxygen atoms in total. The first-order valence-corrected chi connectivity index (χ1v) is 18.6. The summed E-state index contributed by atoms with van der Waals surface area (Å²) < 4.78 is 11.6. The van der Waals surface area contributed by atoms with Gasteiger partial charge < -0.3 is 8.98 Å². The van der Waals surface area contributed by atoms with E-state index in [2.05, 4.69) is 169 Å². The predicted octanol–water partition coefficient (Wildman–Crippen LogP) is 13.5. The maximum atomic E-state index is 6.59. The average Bonchev–Trinajstić information content (AvgIpc) is 3.84. The highest BCUT2D eigenvalue weighted by Crippen LogP contribution is 2.43. The molecule has 0 atom stereocenters. The molecule has 1 aliphatic rings. The van der Waals surface area contributed by atoms with Crippen LogP contribution in [0.1, 0.15) is 16.7 Å². The number of aliphatic imine (C=N–C) groups is 1. The fraction of sp³-hybridized carbons (Fsp3) is 0. The lowest BCUT2D eigenvalue weighted by Gasteiger charge is -2.09. The lowest BCUT2D eigenvalue weighted by molar-refractivity contribution is 0.669. The van der Waals surface area contributed by atoms with Crippen molar-refractivity contribution in [3.63, 3.8) is 0 Å². The zero-order valence-corrected chi connectivity index (χ0v) is 29.4. The van der Waals surface area contributed by atoms with Gasteiger partial charge in [0.05, 0.1) is 27.1 Å². The molecule has 1 aliphatic heterocycles. The van der Waals surface area contributed by atoms with Gasteiger partial charge in [0, 0.05) is 53.8 Å². The lowest BCUT2D eigenvalue weighted by Crippen LogP contribution is -2.02. The smallest absolute Gasteiger partial charge is 0.136 e. The first-order valence-electron chi connectivity index (χ1n) is 17.8. The van der Waals surface area contributed by atoms with Crippen molar-refractivity contribution in [2.45, 2.75) is 0 Å². The van der Waals surface area contributed by atoms with Crippen molar-refractivity contribution >= 4 is 92.2 Å². The van der Waals surface area contributed by atoms with Crippen molar-refractivity contribution in [3.8, 4) is 5.69 Å². The third kappa shape index (κ3) is 4.70. The Balaban J connectivity index is 1.07. The Kier molecular flexibility index (Phi) is 6.57. The van der Waals surface area contributed by atoms with Crippen LogP contribution in [-0.4, -0.2) is 10.3 Å². The molecule has 0 aliphatic carbocycles. The third-order valence-corrected chi connectivity index (χ3v) is 11.7. The Labute approximate surface area is 309 Å². The molecular formula is C49H30N2OS. The topological polar surface area (TPSA) is 30.4 Å². The second-order valence-corrected chi connectivity index (χ2v) is 14.7. The minimum absolute atomic E-state index is 0.820. The van der Waals surface area contributed by atoms with Gasteiger partial charge in [0.1, 0.15) is 11.2 Å². The number of furan rings is 1. The van der Waals surface area contributed by atoms with Gasteiger partial charge in [-0.3, -0.25) is 0 Å². The van der Waals surface area contributed by atoms with Crippen LogP contribution < -0.4 is 0 Å². The number of rotatable bonds is 4. The second kappa shape index (κ2) is 11.6. The van der Waals surface area contributed by atoms with E-state index >= 15 is 0 Å². The summed E-state index contributed by atoms with van der Waals surface area (Å²) in [5.41, 5.74) is 12.0. The van der Waals surface area contributed by atoms with Gasteiger partial charge in [-0.1, -0.05) is 122 Å². The largest absolute Gasteiger partial charge is 0.456 e. The molecule has 3 aromatic heterocycles. The molecule has 10 aromatic rings. The van der Waals surface area contributed by atoms with E-state index in [-0.39, 0.29) is 0 Å². The molecule has 4 heterocycles. The van der Waals surface area contributed by atoms with Crippen molar-refractivity contribution in [3.05, 3.63) is 199 Å². The fourth-order valence-corrected chi connectivity index (χ4v) is 9.26. The van der Waals surface area contributed by atoms with Crippen LogP contribution in [0.5, 0.6) is 0 Å². The average molecular weight is 695 g/mol. The van der Waals surface area contributed by atoms with Gasteiger partial charge in [-0.25, -0.2) is 4.99 Å². The second-order valence-electron chi connectivity index (χ2n) is 13.6. The lowest BCUT2D eigenvalue weighted by atomic mass is 9.98. The predicted molar refractivity (Wildman–Crippen MR) is 225 cm³/mol. The van der Waals surface area contributed by atoms with Gasteiger partial charge in [-0.05, 0) is 71.3 Å². The van der Waals surface area contributed by atoms with Gasteiger partial charge >= 0.3 is 0 Å². The van der Waals surface area contributed by atoms with Crippen LogP contribution in [0.4, 0.5) is 0 Å². The number of hydrogen-bond donors (Lipinski definition) is 0. The summed E-state index contributed by atoms with van der Waals surface area (Å²) in [5.74, 6) is 0. The third-order valence-electron chi connectivity index (χ3n) is 10.5. The quantitative estimate of drug-likeness (QED) is 0.180. The summed E-state index contributed by atoms with van der Waals surface area (Å²) in [6.07, 6.45) is 4.30. The summed E-state index contributed by atoms with van der Waals surface area (Å²) in [6, 6.07) is 55.8. The van der Waals surface area contributed by atoms with Crippen LogP contribution in [-0.2, 0) is 0 Å². The number of aromatic nitrogens is 1. The van der Waals surface area contributed by atoms with Crippen LogP contribution >= 0.6 is 11.3 Å². The van der Waals surface area contributed by atoms with Gasteiger partial charge in [-0.2, -0.15) is 0 Å². The number of nitrogens with zero attached hydrogens (tertiary/aromatic N) is 2. The maximum Gasteiger partial charge on any atom is 0.136 e. The molecule has 0 saturated carbocycles. The van der Waals surface area contributed by atoms with Crippen LogP contribution in [0.25, 0.3) is 80.9 Å². The summed E-state index contributed by atoms with van der Waals surface area (Å²) in [7, 11) is 0. The molecule has 7 aromatic carbocycles. The van der Waals surface area contributed by atoms with Crippen molar-refractivity contribution in [2.24, 2.45) is 4.99 Å². The van der Waals surface area contributed by atoms with Crippen LogP contribution in [0.2, 0.25) is 0 Å². The zero-order chi connectivity index (χ0) is 35.0. The molecule has 0 N–H and O–H groups in total. The minimum Gasteiger partial charge on any atom is -0.456 e. The number of thiophene rings is 1. The van der Waals surface area contributed by atoms with E-state index in [0.717, 1.165) is 66.9 Å². The minimum atomic E-state index is 0.820. The number of benzene rings is 7. The van der Waals surface area contributed by atoms with Gasteiger partial charge in [0.15, 0.2) is 0 Å². The molecule has 0 spiro atoms. The number of para-hydroxylation sites is 1. The highest BCUT2D eigenvalue weighted by molar-refractivity contribution is 7.26. The number of hydrogen-bond acceptors (Lipinski definition) is 3. The molecule has 248 valence electrons. The monoisotopic (exact) mass is 694 g/mol. The van der Waals surface area contributed by atoms with Gasteiger partial charge in [0.25, 0.3) is 0 Å². The van der Waals surface area contributed by atoms with E-state index < -0.39 is 0 Å². The summed E-state index contributed by atoms with van der Waals surface area (Å²) >= 11 is 1.87. The van der Waals surface area contributed by atoms with Crippen molar-refractivity contribution in [1.29, 1.82) is 0 Å². The van der Waals surface area contributed by atoms with Crippen molar-refractivity contribution < 1.29 is 4.42 Å². The highest BCUT2D eigenvalue weighted by Gasteiger charge is 2.20. The Morgan fingerprint density at radius 3 is 2.09 bits per heavy atom. The van der Waals surface area contributed by atoms with Crippen LogP contribution in [0, 0.1) is 0 Å². The molecule has 0 unspecified atom stereocenters. The molecular weight excluding hydrogens is 665 g/mol. The van der Waals surface area contributed by atoms with Crippen LogP contribution in [0.15, 0.2) is 191 Å². The van der Waals surface area contributed by atoms with Gasteiger partial charge in [0.2, 0.25) is 0 Å². The molecule has 4 heteroatoms. The van der Waals surface area contributed by atoms with E-state index in [0.29, 0.717) is 0 Å². The Morgan fingerprint density at radius 2 is 1.25 bits per heavy atom. The fourth-order valence-electron chi connectivity index (χ4n) is 8.02. The van der Waals surface area contributed by atoms with E-state index in [1.54, 1.807) is 0 Å². The molecule has 0 radical (unpaired) electrons. The Bertz CT molecular complexity index is 3220. The summed E-state index contributed by atoms with van der Waals surface area (Å²) in [5, 5.41) is 7.26. The standard InChI is InChI=1S/C49H30N2OS/c1-30-26-34(31-12-4-2-5-13-31)27-42(32-14-6-3-7-15-32)50-47(30)33-20-22-37-41-29-35(21-25-44(41)52-45(37)28-33)51-43-18-10-8-16-36(43)39-23-24-40-38-17-9-11-19-46(38)53-49(40)48(39)51/h2-29H,1H2. The molecule has 0 fully saturated rings. The molecule has 0 amide bonds. The van der Waals surface area contributed by atoms with E-state index in [1.165, 1.54) is 42.0 Å². The van der Waals surface area contributed by atoms with E-state index in [1.807, 2.05) is 23.5 Å². The summed E-state index contributed by atoms with van der Waals surface area (Å²) in [4.78, 5) is 5.26. The first kappa shape index (κ1) is 29.9. The van der Waals surface area contributed by atoms with Crippen molar-refractivity contribution in [1.82, 2.24) is 4.57 Å². The summed E-state index contributed by atoms with van der Waals surface area (Å²) in [6.45, 7) is 4.51. The Hall–Kier alpha value is -6.75. The maximum absolute atomic E-state index is 6.59. The normalized spacial score (nSPS) is 13.7. The Morgan fingerprint density at radius 1 is 0.528 bits per heavy atom. The van der Waals surface area contributed by atoms with Gasteiger partial charge in [-0.15, -0.1) is 11.3 Å².